The molecule has 1 fully saturated rings. The van der Waals surface area contributed by atoms with Crippen molar-refractivity contribution in [1.29, 1.82) is 0 Å². The van der Waals surface area contributed by atoms with Crippen LogP contribution in [0.4, 0.5) is 0 Å². The minimum Gasteiger partial charge on any atom is -0.342 e. The lowest BCUT2D eigenvalue weighted by Gasteiger charge is -2.32. The van der Waals surface area contributed by atoms with Gasteiger partial charge in [-0.2, -0.15) is 0 Å². The van der Waals surface area contributed by atoms with Gasteiger partial charge >= 0.3 is 5.69 Å². The van der Waals surface area contributed by atoms with Crippen molar-refractivity contribution in [3.8, 4) is 0 Å². The molecule has 0 spiro atoms. The average Bonchev–Trinajstić information content (AvgIpc) is 2.84. The van der Waals surface area contributed by atoms with Crippen molar-refractivity contribution in [2.24, 2.45) is 18.9 Å². The number of aryl methyl sites for hydroxylation is 1. The molecule has 3 heterocycles. The van der Waals surface area contributed by atoms with Crippen LogP contribution in [0.2, 0.25) is 0 Å². The van der Waals surface area contributed by atoms with Crippen LogP contribution in [0.15, 0.2) is 44.9 Å². The summed E-state index contributed by atoms with van der Waals surface area (Å²) in [5.74, 6) is 1.50. The first kappa shape index (κ1) is 25.2. The van der Waals surface area contributed by atoms with Gasteiger partial charge in [-0.3, -0.25) is 18.7 Å². The third-order valence-corrected chi connectivity index (χ3v) is 7.44. The lowest BCUT2D eigenvalue weighted by molar-refractivity contribution is -0.129. The van der Waals surface area contributed by atoms with Crippen LogP contribution in [0.5, 0.6) is 0 Å². The fraction of sp³-hybridized carbons (Fsp3) is 0.500. The van der Waals surface area contributed by atoms with Gasteiger partial charge in [0, 0.05) is 26.7 Å². The van der Waals surface area contributed by atoms with E-state index in [9.17, 15) is 14.4 Å². The summed E-state index contributed by atoms with van der Waals surface area (Å²) in [5.41, 5.74) is 0.869. The summed E-state index contributed by atoms with van der Waals surface area (Å²) < 4.78 is 2.65. The first-order chi connectivity index (χ1) is 16.7. The largest absolute Gasteiger partial charge is 0.342 e. The molecular weight excluding hydrogens is 462 g/mol. The van der Waals surface area contributed by atoms with Gasteiger partial charge in [0.15, 0.2) is 5.65 Å². The zero-order valence-electron chi connectivity index (χ0n) is 20.9. The highest BCUT2D eigenvalue weighted by Crippen LogP contribution is 2.25. The number of carbonyl (C=O) groups excluding carboxylic acids is 1. The summed E-state index contributed by atoms with van der Waals surface area (Å²) in [5, 5.41) is 0.760. The molecule has 35 heavy (non-hydrogen) atoms. The van der Waals surface area contributed by atoms with Gasteiger partial charge < -0.3 is 4.90 Å². The van der Waals surface area contributed by atoms with Crippen molar-refractivity contribution in [1.82, 2.24) is 24.0 Å². The number of nitrogens with zero attached hydrogens (tertiary/aromatic N) is 5. The predicted octanol–water partition coefficient (Wildman–Crippen LogP) is 3.03. The molecule has 9 heteroatoms. The summed E-state index contributed by atoms with van der Waals surface area (Å²) in [6.07, 6.45) is 3.02. The molecule has 0 unspecified atom stereocenters. The van der Waals surface area contributed by atoms with Crippen molar-refractivity contribution in [3.63, 3.8) is 0 Å². The lowest BCUT2D eigenvalue weighted by atomic mass is 9.90. The number of likely N-dealkylation sites (tertiary alicyclic amines) is 1. The maximum absolute atomic E-state index is 13.0. The Morgan fingerprint density at radius 1 is 1.11 bits per heavy atom. The van der Waals surface area contributed by atoms with Crippen LogP contribution in [0.3, 0.4) is 0 Å². The summed E-state index contributed by atoms with van der Waals surface area (Å²) in [6.45, 7) is 7.70. The Kier molecular flexibility index (Phi) is 7.74. The number of aromatic nitrogens is 4. The number of fused-ring (bicyclic) bond motifs is 1. The van der Waals surface area contributed by atoms with E-state index in [1.165, 1.54) is 24.4 Å². The molecule has 8 nitrogen and oxygen atoms in total. The Hall–Kier alpha value is -2.94. The molecule has 0 aliphatic carbocycles. The number of piperidine rings is 1. The number of hydrogen-bond donors (Lipinski definition) is 0. The molecule has 2 aromatic heterocycles. The van der Waals surface area contributed by atoms with E-state index in [1.807, 2.05) is 24.8 Å². The molecule has 4 rings (SSSR count). The SMILES string of the molecule is Cc1nc(SCC(=O)N2CCC(Cc3ccccc3)CC2)c2c(=O)n(C)c(=O)n(CC(C)C)c2n1. The maximum atomic E-state index is 13.0. The highest BCUT2D eigenvalue weighted by Gasteiger charge is 2.24. The van der Waals surface area contributed by atoms with Crippen molar-refractivity contribution in [2.75, 3.05) is 18.8 Å². The first-order valence-electron chi connectivity index (χ1n) is 12.2. The normalized spacial score (nSPS) is 14.7. The van der Waals surface area contributed by atoms with Gasteiger partial charge in [-0.05, 0) is 43.6 Å². The minimum atomic E-state index is -0.429. The third kappa shape index (κ3) is 5.66. The topological polar surface area (TPSA) is 90.1 Å². The van der Waals surface area contributed by atoms with Crippen LogP contribution in [-0.4, -0.2) is 48.8 Å². The fourth-order valence-corrected chi connectivity index (χ4v) is 5.59. The predicted molar refractivity (Wildman–Crippen MR) is 139 cm³/mol. The molecule has 0 radical (unpaired) electrons. The van der Waals surface area contributed by atoms with Crippen molar-refractivity contribution in [3.05, 3.63) is 62.6 Å². The lowest BCUT2D eigenvalue weighted by Crippen LogP contribution is -2.40. The zero-order chi connectivity index (χ0) is 25.1. The number of rotatable bonds is 7. The summed E-state index contributed by atoms with van der Waals surface area (Å²) in [4.78, 5) is 49.6. The zero-order valence-corrected chi connectivity index (χ0v) is 21.7. The van der Waals surface area contributed by atoms with Gasteiger partial charge in [0.2, 0.25) is 5.91 Å². The molecule has 0 N–H and O–H groups in total. The molecule has 0 bridgehead atoms. The van der Waals surface area contributed by atoms with E-state index >= 15 is 0 Å². The Morgan fingerprint density at radius 2 is 1.80 bits per heavy atom. The molecule has 186 valence electrons. The van der Waals surface area contributed by atoms with Gasteiger partial charge in [0.25, 0.3) is 5.56 Å². The standard InChI is InChI=1S/C26H33N5O3S/c1-17(2)15-31-23-22(25(33)29(4)26(31)34)24(28-18(3)27-23)35-16-21(32)30-12-10-20(11-13-30)14-19-8-6-5-7-9-19/h5-9,17,20H,10-16H2,1-4H3. The van der Waals surface area contributed by atoms with Crippen molar-refractivity contribution >= 4 is 28.7 Å². The first-order valence-corrected chi connectivity index (χ1v) is 13.2. The van der Waals surface area contributed by atoms with Crippen molar-refractivity contribution < 1.29 is 4.79 Å². The molecule has 0 saturated carbocycles. The van der Waals surface area contributed by atoms with Crippen LogP contribution < -0.4 is 11.2 Å². The molecule has 1 aliphatic heterocycles. The van der Waals surface area contributed by atoms with Gasteiger partial charge in [-0.1, -0.05) is 55.9 Å². The molecule has 0 atom stereocenters. The minimum absolute atomic E-state index is 0.0462. The van der Waals surface area contributed by atoms with Gasteiger partial charge in [0.1, 0.15) is 16.2 Å². The van der Waals surface area contributed by atoms with E-state index in [1.54, 1.807) is 11.5 Å². The monoisotopic (exact) mass is 495 g/mol. The Labute approximate surface area is 209 Å². The summed E-state index contributed by atoms with van der Waals surface area (Å²) in [7, 11) is 1.47. The molecule has 1 amide bonds. The van der Waals surface area contributed by atoms with E-state index in [-0.39, 0.29) is 23.3 Å². The number of hydrogen-bond acceptors (Lipinski definition) is 6. The van der Waals surface area contributed by atoms with E-state index in [0.29, 0.717) is 34.3 Å². The van der Waals surface area contributed by atoms with Crippen molar-refractivity contribution in [2.45, 2.75) is 51.6 Å². The van der Waals surface area contributed by atoms with E-state index in [2.05, 4.69) is 34.2 Å². The van der Waals surface area contributed by atoms with Gasteiger partial charge in [-0.15, -0.1) is 0 Å². The van der Waals surface area contributed by atoms with Gasteiger partial charge in [-0.25, -0.2) is 14.8 Å². The third-order valence-electron chi connectivity index (χ3n) is 6.48. The molecule has 1 saturated heterocycles. The Morgan fingerprint density at radius 3 is 2.46 bits per heavy atom. The second-order valence-electron chi connectivity index (χ2n) is 9.73. The van der Waals surface area contributed by atoms with Crippen LogP contribution in [0.1, 0.15) is 38.1 Å². The number of amides is 1. The highest BCUT2D eigenvalue weighted by atomic mass is 32.2. The maximum Gasteiger partial charge on any atom is 0.332 e. The summed E-state index contributed by atoms with van der Waals surface area (Å²) in [6, 6.07) is 10.5. The molecule has 3 aromatic rings. The quantitative estimate of drug-likeness (QED) is 0.370. The molecule has 1 aliphatic rings. The number of benzene rings is 1. The van der Waals surface area contributed by atoms with Crippen LogP contribution in [-0.2, 0) is 24.8 Å². The summed E-state index contributed by atoms with van der Waals surface area (Å²) >= 11 is 1.25. The molecule has 1 aromatic carbocycles. The van der Waals surface area contributed by atoms with Crippen LogP contribution in [0, 0.1) is 18.8 Å². The van der Waals surface area contributed by atoms with E-state index in [0.717, 1.165) is 36.9 Å². The smallest absolute Gasteiger partial charge is 0.332 e. The molecular formula is C26H33N5O3S. The highest BCUT2D eigenvalue weighted by molar-refractivity contribution is 8.00. The van der Waals surface area contributed by atoms with E-state index in [4.69, 9.17) is 0 Å². The second-order valence-corrected chi connectivity index (χ2v) is 10.7. The van der Waals surface area contributed by atoms with Crippen LogP contribution in [0.25, 0.3) is 11.0 Å². The average molecular weight is 496 g/mol. The number of carbonyl (C=O) groups is 1. The van der Waals surface area contributed by atoms with Gasteiger partial charge in [0.05, 0.1) is 5.75 Å². The fourth-order valence-electron chi connectivity index (χ4n) is 4.63. The van der Waals surface area contributed by atoms with Crippen LogP contribution >= 0.6 is 11.8 Å². The Bertz CT molecular complexity index is 1320. The van der Waals surface area contributed by atoms with E-state index < -0.39 is 5.56 Å². The second kappa shape index (κ2) is 10.8. The number of thioether (sulfide) groups is 1. The Balaban J connectivity index is 1.48.